The number of thiophene rings is 1. The van der Waals surface area contributed by atoms with Crippen molar-refractivity contribution in [3.05, 3.63) is 52.4 Å². The highest BCUT2D eigenvalue weighted by Crippen LogP contribution is 2.29. The fourth-order valence-electron chi connectivity index (χ4n) is 3.34. The Morgan fingerprint density at radius 1 is 1.11 bits per heavy atom. The molecule has 0 saturated carbocycles. The molecule has 146 valence electrons. The van der Waals surface area contributed by atoms with Gasteiger partial charge < -0.3 is 4.90 Å². The minimum absolute atomic E-state index is 0.0827. The van der Waals surface area contributed by atoms with Crippen LogP contribution in [0.4, 0.5) is 0 Å². The van der Waals surface area contributed by atoms with Gasteiger partial charge >= 0.3 is 0 Å². The number of hydrogen-bond acceptors (Lipinski definition) is 4. The molecule has 2 heterocycles. The molecule has 1 atom stereocenters. The molecule has 1 aliphatic rings. The third-order valence-electron chi connectivity index (χ3n) is 4.77. The van der Waals surface area contributed by atoms with Gasteiger partial charge in [-0.15, -0.1) is 11.3 Å². The van der Waals surface area contributed by atoms with Crippen LogP contribution in [0.5, 0.6) is 0 Å². The first-order valence-electron chi connectivity index (χ1n) is 9.02. The van der Waals surface area contributed by atoms with Crippen molar-refractivity contribution in [3.8, 4) is 0 Å². The highest BCUT2D eigenvalue weighted by atomic mass is 35.5. The van der Waals surface area contributed by atoms with Crippen LogP contribution in [0.3, 0.4) is 0 Å². The Bertz CT molecular complexity index is 875. The number of hydrogen-bond donors (Lipinski definition) is 0. The second-order valence-electron chi connectivity index (χ2n) is 6.54. The molecule has 1 aliphatic heterocycles. The van der Waals surface area contributed by atoms with E-state index in [9.17, 15) is 13.2 Å². The van der Waals surface area contributed by atoms with E-state index in [4.69, 9.17) is 11.6 Å². The third-order valence-corrected chi connectivity index (χ3v) is 8.37. The van der Waals surface area contributed by atoms with Gasteiger partial charge in [0.1, 0.15) is 4.21 Å². The van der Waals surface area contributed by atoms with Crippen molar-refractivity contribution in [2.24, 2.45) is 0 Å². The Hall–Kier alpha value is -1.41. The summed E-state index contributed by atoms with van der Waals surface area (Å²) in [6.45, 7) is 3.49. The Morgan fingerprint density at radius 3 is 2.33 bits per heavy atom. The lowest BCUT2D eigenvalue weighted by molar-refractivity contribution is -0.134. The molecule has 1 saturated heterocycles. The predicted octanol–water partition coefficient (Wildman–Crippen LogP) is 3.82. The molecule has 0 radical (unpaired) electrons. The molecular formula is C19H23ClN2O3S2. The molecular weight excluding hydrogens is 404 g/mol. The van der Waals surface area contributed by atoms with E-state index in [1.807, 2.05) is 30.3 Å². The Kier molecular flexibility index (Phi) is 6.57. The maximum absolute atomic E-state index is 13.1. The number of nitrogens with zero attached hydrogens (tertiary/aromatic N) is 2. The van der Waals surface area contributed by atoms with Crippen LogP contribution in [0.25, 0.3) is 0 Å². The fraction of sp³-hybridized carbons (Fsp3) is 0.421. The molecule has 1 aromatic heterocycles. The molecule has 0 bridgehead atoms. The maximum Gasteiger partial charge on any atom is 0.252 e. The molecule has 1 fully saturated rings. The summed E-state index contributed by atoms with van der Waals surface area (Å²) < 4.78 is 27.6. The Balaban J connectivity index is 1.68. The normalized spacial score (nSPS) is 17.0. The SMILES string of the molecule is CCCC(C(=O)N1CCN(S(=O)(=O)c2ccc(Cl)s2)CC1)c1ccccc1. The molecule has 0 spiro atoms. The van der Waals surface area contributed by atoms with Crippen LogP contribution in [0, 0.1) is 0 Å². The first-order valence-corrected chi connectivity index (χ1v) is 11.7. The number of carbonyl (C=O) groups excluding carboxylic acids is 1. The van der Waals surface area contributed by atoms with E-state index in [1.165, 1.54) is 10.4 Å². The second kappa shape index (κ2) is 8.73. The summed E-state index contributed by atoms with van der Waals surface area (Å²) in [4.78, 5) is 14.9. The Labute approximate surface area is 169 Å². The highest BCUT2D eigenvalue weighted by molar-refractivity contribution is 7.91. The molecule has 1 unspecified atom stereocenters. The van der Waals surface area contributed by atoms with E-state index >= 15 is 0 Å². The van der Waals surface area contributed by atoms with Gasteiger partial charge in [-0.3, -0.25) is 4.79 Å². The van der Waals surface area contributed by atoms with Gasteiger partial charge in [0.15, 0.2) is 0 Å². The van der Waals surface area contributed by atoms with Crippen LogP contribution in [-0.2, 0) is 14.8 Å². The monoisotopic (exact) mass is 426 g/mol. The molecule has 3 rings (SSSR count). The molecule has 1 aromatic carbocycles. The van der Waals surface area contributed by atoms with Crippen LogP contribution in [0.1, 0.15) is 31.2 Å². The van der Waals surface area contributed by atoms with Gasteiger partial charge in [-0.1, -0.05) is 55.3 Å². The summed E-state index contributed by atoms with van der Waals surface area (Å²) in [5.41, 5.74) is 1.02. The highest BCUT2D eigenvalue weighted by Gasteiger charge is 2.33. The maximum atomic E-state index is 13.1. The van der Waals surface area contributed by atoms with Gasteiger partial charge in [-0.05, 0) is 24.1 Å². The van der Waals surface area contributed by atoms with Crippen molar-refractivity contribution in [2.45, 2.75) is 29.9 Å². The number of halogens is 1. The molecule has 1 amide bonds. The quantitative estimate of drug-likeness (QED) is 0.705. The van der Waals surface area contributed by atoms with Gasteiger partial charge in [-0.2, -0.15) is 4.31 Å². The number of sulfonamides is 1. The van der Waals surface area contributed by atoms with Crippen molar-refractivity contribution < 1.29 is 13.2 Å². The van der Waals surface area contributed by atoms with Gasteiger partial charge in [0, 0.05) is 26.2 Å². The van der Waals surface area contributed by atoms with Crippen molar-refractivity contribution in [1.29, 1.82) is 0 Å². The van der Waals surface area contributed by atoms with E-state index in [0.29, 0.717) is 30.5 Å². The van der Waals surface area contributed by atoms with Gasteiger partial charge in [0.05, 0.1) is 10.3 Å². The van der Waals surface area contributed by atoms with E-state index < -0.39 is 10.0 Å². The average molecular weight is 427 g/mol. The van der Waals surface area contributed by atoms with Crippen LogP contribution in [0.2, 0.25) is 4.34 Å². The minimum Gasteiger partial charge on any atom is -0.340 e. The van der Waals surface area contributed by atoms with Gasteiger partial charge in [-0.25, -0.2) is 8.42 Å². The zero-order valence-corrected chi connectivity index (χ0v) is 17.6. The van der Waals surface area contributed by atoms with Crippen molar-refractivity contribution in [3.63, 3.8) is 0 Å². The topological polar surface area (TPSA) is 57.7 Å². The Morgan fingerprint density at radius 2 is 1.78 bits per heavy atom. The zero-order valence-electron chi connectivity index (χ0n) is 15.2. The largest absolute Gasteiger partial charge is 0.340 e. The minimum atomic E-state index is -3.54. The van der Waals surface area contributed by atoms with E-state index in [-0.39, 0.29) is 16.0 Å². The summed E-state index contributed by atoms with van der Waals surface area (Å²) in [5, 5.41) is 0. The number of amides is 1. The number of benzene rings is 1. The number of carbonyl (C=O) groups is 1. The van der Waals surface area contributed by atoms with Crippen LogP contribution < -0.4 is 0 Å². The second-order valence-corrected chi connectivity index (χ2v) is 10.4. The van der Waals surface area contributed by atoms with E-state index in [2.05, 4.69) is 6.92 Å². The molecule has 27 heavy (non-hydrogen) atoms. The predicted molar refractivity (Wildman–Crippen MR) is 109 cm³/mol. The van der Waals surface area contributed by atoms with E-state index in [1.54, 1.807) is 11.0 Å². The summed E-state index contributed by atoms with van der Waals surface area (Å²) in [7, 11) is -3.54. The molecule has 8 heteroatoms. The van der Waals surface area contributed by atoms with Crippen LogP contribution in [-0.4, -0.2) is 49.7 Å². The first-order chi connectivity index (χ1) is 12.9. The lowest BCUT2D eigenvalue weighted by Gasteiger charge is -2.35. The molecule has 0 aliphatic carbocycles. The number of piperazine rings is 1. The standard InChI is InChI=1S/C19H23ClN2O3S2/c1-2-6-16(15-7-4-3-5-8-15)19(23)21-11-13-22(14-12-21)27(24,25)18-10-9-17(20)26-18/h3-5,7-10,16H,2,6,11-14H2,1H3. The smallest absolute Gasteiger partial charge is 0.252 e. The van der Waals surface area contributed by atoms with Crippen molar-refractivity contribution in [1.82, 2.24) is 9.21 Å². The number of rotatable bonds is 6. The van der Waals surface area contributed by atoms with Gasteiger partial charge in [0.2, 0.25) is 5.91 Å². The van der Waals surface area contributed by atoms with Crippen molar-refractivity contribution in [2.75, 3.05) is 26.2 Å². The van der Waals surface area contributed by atoms with Crippen molar-refractivity contribution >= 4 is 38.9 Å². The van der Waals surface area contributed by atoms with E-state index in [0.717, 1.165) is 29.7 Å². The molecule has 2 aromatic rings. The lowest BCUT2D eigenvalue weighted by atomic mass is 9.93. The molecule has 0 N–H and O–H groups in total. The lowest BCUT2D eigenvalue weighted by Crippen LogP contribution is -2.51. The third kappa shape index (κ3) is 4.54. The summed E-state index contributed by atoms with van der Waals surface area (Å²) in [5.74, 6) is -0.0882. The first kappa shape index (κ1) is 20.3. The van der Waals surface area contributed by atoms with Crippen LogP contribution >= 0.6 is 22.9 Å². The summed E-state index contributed by atoms with van der Waals surface area (Å²) in [6, 6.07) is 12.9. The van der Waals surface area contributed by atoms with Gasteiger partial charge in [0.25, 0.3) is 10.0 Å². The zero-order chi connectivity index (χ0) is 19.4. The summed E-state index contributed by atoms with van der Waals surface area (Å²) >= 11 is 6.93. The molecule has 5 nitrogen and oxygen atoms in total. The fourth-order valence-corrected chi connectivity index (χ4v) is 6.40. The van der Waals surface area contributed by atoms with Crippen LogP contribution in [0.15, 0.2) is 46.7 Å². The summed E-state index contributed by atoms with van der Waals surface area (Å²) in [6.07, 6.45) is 1.70. The average Bonchev–Trinajstić information content (AvgIpc) is 3.13.